The van der Waals surface area contributed by atoms with E-state index >= 15 is 0 Å². The molecular formula is C37H40Cl2F2N6O2S. The molecule has 5 aromatic rings. The van der Waals surface area contributed by atoms with Gasteiger partial charge in [0.15, 0.2) is 23.1 Å². The molecule has 0 fully saturated rings. The highest BCUT2D eigenvalue weighted by atomic mass is 35.5. The Bertz CT molecular complexity index is 1920. The summed E-state index contributed by atoms with van der Waals surface area (Å²) in [5.74, 6) is -1.68. The Labute approximate surface area is 306 Å². The number of hydrogen-bond acceptors (Lipinski definition) is 7. The van der Waals surface area contributed by atoms with Crippen molar-refractivity contribution < 1.29 is 13.6 Å². The van der Waals surface area contributed by atoms with Gasteiger partial charge in [-0.1, -0.05) is 79.7 Å². The van der Waals surface area contributed by atoms with Gasteiger partial charge in [-0.15, -0.1) is 12.4 Å². The molecule has 1 unspecified atom stereocenters. The second-order valence-corrected chi connectivity index (χ2v) is 13.1. The normalized spacial score (nSPS) is 11.9. The van der Waals surface area contributed by atoms with Crippen molar-refractivity contribution in [3.05, 3.63) is 135 Å². The van der Waals surface area contributed by atoms with Gasteiger partial charge in [0.1, 0.15) is 6.17 Å². The number of hydrogen-bond donors (Lipinski definition) is 0. The largest absolute Gasteiger partial charge is 0.304 e. The number of thioether (sulfide) groups is 1. The van der Waals surface area contributed by atoms with Crippen molar-refractivity contribution in [1.29, 1.82) is 0 Å². The molecule has 50 heavy (non-hydrogen) atoms. The van der Waals surface area contributed by atoms with E-state index in [1.165, 1.54) is 17.8 Å². The second-order valence-electron chi connectivity index (χ2n) is 11.7. The summed E-state index contributed by atoms with van der Waals surface area (Å²) in [5, 5.41) is 5.19. The van der Waals surface area contributed by atoms with Crippen molar-refractivity contribution in [3.63, 3.8) is 0 Å². The molecule has 0 aliphatic heterocycles. The minimum Gasteiger partial charge on any atom is -0.304 e. The topological polar surface area (TPSA) is 76.3 Å². The molecule has 3 aromatic carbocycles. The van der Waals surface area contributed by atoms with Crippen molar-refractivity contribution in [2.45, 2.75) is 43.9 Å². The fraction of sp³-hybridized carbons (Fsp3) is 0.297. The minimum absolute atomic E-state index is 0. The van der Waals surface area contributed by atoms with Gasteiger partial charge in [0.05, 0.1) is 6.20 Å². The van der Waals surface area contributed by atoms with E-state index in [2.05, 4.69) is 33.7 Å². The highest BCUT2D eigenvalue weighted by molar-refractivity contribution is 7.98. The number of nitrogens with zero attached hydrogens (tertiary/aromatic N) is 6. The summed E-state index contributed by atoms with van der Waals surface area (Å²) in [6, 6.07) is 19.6. The predicted molar refractivity (Wildman–Crippen MR) is 198 cm³/mol. The SMILES string of the molecule is CCN(CC)CCN(Cc1ccc(-c2ccc(Cl)cc2)cc1)C(C=O)n1cc(Cc2cnn(C)c2)c(=O)nc1SCc1ccc(F)c(F)c1.Cl. The molecule has 0 N–H and O–H groups in total. The average molecular weight is 742 g/mol. The van der Waals surface area contributed by atoms with E-state index in [4.69, 9.17) is 11.6 Å². The van der Waals surface area contributed by atoms with Crippen LogP contribution in [0, 0.1) is 11.6 Å². The summed E-state index contributed by atoms with van der Waals surface area (Å²) in [4.78, 5) is 35.3. The number of halogens is 4. The number of rotatable bonds is 16. The van der Waals surface area contributed by atoms with Crippen LogP contribution < -0.4 is 5.56 Å². The zero-order chi connectivity index (χ0) is 34.9. The molecule has 0 radical (unpaired) electrons. The number of aromatic nitrogens is 4. The Kier molecular flexibility index (Phi) is 14.3. The summed E-state index contributed by atoms with van der Waals surface area (Å²) >= 11 is 7.28. The second kappa shape index (κ2) is 18.4. The molecule has 0 spiro atoms. The molecule has 8 nitrogen and oxygen atoms in total. The lowest BCUT2D eigenvalue weighted by Gasteiger charge is -2.33. The highest BCUT2D eigenvalue weighted by Crippen LogP contribution is 2.28. The molecule has 1 atom stereocenters. The first-order valence-electron chi connectivity index (χ1n) is 16.1. The van der Waals surface area contributed by atoms with Crippen LogP contribution >= 0.6 is 35.8 Å². The fourth-order valence-electron chi connectivity index (χ4n) is 5.59. The third-order valence-electron chi connectivity index (χ3n) is 8.39. The minimum atomic E-state index is -0.953. The van der Waals surface area contributed by atoms with Crippen LogP contribution in [0.4, 0.5) is 8.78 Å². The quantitative estimate of drug-likeness (QED) is 0.0592. The van der Waals surface area contributed by atoms with Gasteiger partial charge < -0.3 is 9.47 Å². The molecule has 0 bridgehead atoms. The van der Waals surface area contributed by atoms with E-state index in [0.29, 0.717) is 40.9 Å². The van der Waals surface area contributed by atoms with Gasteiger partial charge in [-0.2, -0.15) is 10.1 Å². The van der Waals surface area contributed by atoms with Gasteiger partial charge in [0, 0.05) is 61.8 Å². The zero-order valence-corrected chi connectivity index (χ0v) is 30.5. The Morgan fingerprint density at radius 1 is 0.900 bits per heavy atom. The smallest absolute Gasteiger partial charge is 0.277 e. The van der Waals surface area contributed by atoms with Crippen LogP contribution in [0.25, 0.3) is 11.1 Å². The predicted octanol–water partition coefficient (Wildman–Crippen LogP) is 7.42. The highest BCUT2D eigenvalue weighted by Gasteiger charge is 2.25. The van der Waals surface area contributed by atoms with Crippen molar-refractivity contribution in [3.8, 4) is 11.1 Å². The van der Waals surface area contributed by atoms with Gasteiger partial charge in [0.2, 0.25) is 0 Å². The number of carbonyl (C=O) groups excluding carboxylic acids is 1. The first-order valence-corrected chi connectivity index (χ1v) is 17.5. The molecule has 13 heteroatoms. The van der Waals surface area contributed by atoms with E-state index in [0.717, 1.165) is 53.8 Å². The van der Waals surface area contributed by atoms with Crippen LogP contribution in [0.2, 0.25) is 5.02 Å². The molecule has 0 amide bonds. The molecule has 2 aromatic heterocycles. The van der Waals surface area contributed by atoms with Crippen LogP contribution in [-0.4, -0.2) is 61.6 Å². The van der Waals surface area contributed by atoms with Crippen molar-refractivity contribution in [1.82, 2.24) is 29.1 Å². The molecule has 0 aliphatic rings. The van der Waals surface area contributed by atoms with Gasteiger partial charge in [-0.3, -0.25) is 19.2 Å². The van der Waals surface area contributed by atoms with Crippen LogP contribution in [0.5, 0.6) is 0 Å². The molecular weight excluding hydrogens is 701 g/mol. The monoisotopic (exact) mass is 740 g/mol. The van der Waals surface area contributed by atoms with Crippen molar-refractivity contribution >= 4 is 42.1 Å². The molecule has 264 valence electrons. The summed E-state index contributed by atoms with van der Waals surface area (Å²) < 4.78 is 31.0. The lowest BCUT2D eigenvalue weighted by atomic mass is 10.0. The maximum absolute atomic E-state index is 14.0. The summed E-state index contributed by atoms with van der Waals surface area (Å²) in [6.07, 6.45) is 5.55. The van der Waals surface area contributed by atoms with Crippen LogP contribution in [0.3, 0.4) is 0 Å². The standard InChI is InChI=1S/C37H39ClF2N6O2S.ClH/c1-4-44(5-2)16-17-45(22-26-6-9-29(10-7-26)30-11-13-32(38)14-12-30)35(24-47)46-23-31(18-28-20-41-43(3)21-28)36(48)42-37(46)49-25-27-8-15-33(39)34(40)19-27;/h6-15,19-21,23-24,35H,4-5,16-18,22,25H2,1-3H3;1H. The maximum Gasteiger partial charge on any atom is 0.277 e. The first kappa shape index (κ1) is 38.9. The van der Waals surface area contributed by atoms with E-state index in [-0.39, 0.29) is 24.6 Å². The molecule has 0 saturated heterocycles. The van der Waals surface area contributed by atoms with Crippen LogP contribution in [0.1, 0.15) is 42.3 Å². The van der Waals surface area contributed by atoms with Crippen molar-refractivity contribution in [2.75, 3.05) is 26.2 Å². The fourth-order valence-corrected chi connectivity index (χ4v) is 6.65. The Balaban J connectivity index is 0.00000562. The Hall–Kier alpha value is -3.87. The third-order valence-corrected chi connectivity index (χ3v) is 9.68. The van der Waals surface area contributed by atoms with Crippen LogP contribution in [-0.2, 0) is 30.6 Å². The van der Waals surface area contributed by atoms with E-state index in [1.54, 1.807) is 28.7 Å². The van der Waals surface area contributed by atoms with E-state index in [9.17, 15) is 18.4 Å². The van der Waals surface area contributed by atoms with Gasteiger partial charge in [-0.25, -0.2) is 8.78 Å². The first-order chi connectivity index (χ1) is 23.7. The average Bonchev–Trinajstić information content (AvgIpc) is 3.52. The van der Waals surface area contributed by atoms with E-state index in [1.807, 2.05) is 54.7 Å². The number of carbonyl (C=O) groups is 1. The molecule has 0 saturated carbocycles. The Morgan fingerprint density at radius 3 is 2.16 bits per heavy atom. The lowest BCUT2D eigenvalue weighted by molar-refractivity contribution is -0.116. The summed E-state index contributed by atoms with van der Waals surface area (Å²) in [6.45, 7) is 7.64. The number of aldehydes is 1. The van der Waals surface area contributed by atoms with E-state index < -0.39 is 23.4 Å². The molecule has 0 aliphatic carbocycles. The van der Waals surface area contributed by atoms with Gasteiger partial charge in [-0.05, 0) is 65.2 Å². The Morgan fingerprint density at radius 2 is 1.56 bits per heavy atom. The molecule has 5 rings (SSSR count). The number of aryl methyl sites for hydroxylation is 1. The summed E-state index contributed by atoms with van der Waals surface area (Å²) in [7, 11) is 1.80. The number of likely N-dealkylation sites (N-methyl/N-ethyl adjacent to an activating group) is 1. The van der Waals surface area contributed by atoms with Gasteiger partial charge in [0.25, 0.3) is 5.56 Å². The third kappa shape index (κ3) is 10.1. The molecule has 2 heterocycles. The lowest BCUT2D eigenvalue weighted by Crippen LogP contribution is -2.40. The van der Waals surface area contributed by atoms with Gasteiger partial charge >= 0.3 is 0 Å². The van der Waals surface area contributed by atoms with Crippen molar-refractivity contribution in [2.24, 2.45) is 7.05 Å². The number of benzene rings is 3. The summed E-state index contributed by atoms with van der Waals surface area (Å²) in [5.41, 5.74) is 4.43. The zero-order valence-electron chi connectivity index (χ0n) is 28.1. The maximum atomic E-state index is 14.0. The van der Waals surface area contributed by atoms with Crippen LogP contribution in [0.15, 0.2) is 95.3 Å².